The second kappa shape index (κ2) is 12.6. The number of fused-ring (bicyclic) bond motifs is 1. The van der Waals surface area contributed by atoms with Gasteiger partial charge in [0.25, 0.3) is 0 Å². The van der Waals surface area contributed by atoms with E-state index in [2.05, 4.69) is 19.2 Å². The third-order valence-corrected chi connectivity index (χ3v) is 7.07. The van der Waals surface area contributed by atoms with Gasteiger partial charge in [0.2, 0.25) is 12.7 Å². The van der Waals surface area contributed by atoms with Crippen LogP contribution in [0, 0.1) is 5.92 Å². The number of benzene rings is 2. The lowest BCUT2D eigenvalue weighted by atomic mass is 9.88. The van der Waals surface area contributed by atoms with E-state index in [1.165, 1.54) is 0 Å². The Kier molecular flexibility index (Phi) is 9.25. The van der Waals surface area contributed by atoms with Gasteiger partial charge in [-0.2, -0.15) is 0 Å². The molecule has 0 saturated carbocycles. The van der Waals surface area contributed by atoms with Crippen molar-refractivity contribution in [3.63, 3.8) is 0 Å². The van der Waals surface area contributed by atoms with Crippen LogP contribution in [0.15, 0.2) is 36.4 Å². The number of ether oxygens (including phenoxy) is 4. The molecule has 2 aliphatic rings. The van der Waals surface area contributed by atoms with E-state index < -0.39 is 24.0 Å². The monoisotopic (exact) mass is 526 g/mol. The number of amides is 1. The summed E-state index contributed by atoms with van der Waals surface area (Å²) in [4.78, 5) is 27.7. The molecule has 38 heavy (non-hydrogen) atoms. The third kappa shape index (κ3) is 6.28. The number of rotatable bonds is 12. The largest absolute Gasteiger partial charge is 0.481 e. The summed E-state index contributed by atoms with van der Waals surface area (Å²) >= 11 is 0. The van der Waals surface area contributed by atoms with Crippen LogP contribution in [0.4, 0.5) is 5.69 Å². The van der Waals surface area contributed by atoms with Crippen molar-refractivity contribution in [3.05, 3.63) is 53.1 Å². The van der Waals surface area contributed by atoms with E-state index in [0.29, 0.717) is 24.7 Å². The summed E-state index contributed by atoms with van der Waals surface area (Å²) < 4.78 is 22.7. The SMILES string of the molecule is CCc1cccc(CC)c1NC(=O)CN1CC(c2ccc3c(c2)OCO3)C(C(=O)O)C1OCCOC(C)C. The fourth-order valence-corrected chi connectivity index (χ4v) is 5.23. The maximum atomic E-state index is 13.3. The van der Waals surface area contributed by atoms with E-state index >= 15 is 0 Å². The second-order valence-corrected chi connectivity index (χ2v) is 9.90. The lowest BCUT2D eigenvalue weighted by Crippen LogP contribution is -2.42. The van der Waals surface area contributed by atoms with Gasteiger partial charge in [0, 0.05) is 18.2 Å². The van der Waals surface area contributed by atoms with Crippen LogP contribution in [0.5, 0.6) is 11.5 Å². The zero-order chi connectivity index (χ0) is 27.2. The summed E-state index contributed by atoms with van der Waals surface area (Å²) in [6.45, 7) is 9.01. The van der Waals surface area contributed by atoms with Crippen LogP contribution >= 0.6 is 0 Å². The van der Waals surface area contributed by atoms with Gasteiger partial charge in [0.15, 0.2) is 11.5 Å². The molecule has 0 aliphatic carbocycles. The van der Waals surface area contributed by atoms with Crippen molar-refractivity contribution in [1.82, 2.24) is 4.90 Å². The van der Waals surface area contributed by atoms with Crippen molar-refractivity contribution < 1.29 is 33.6 Å². The Morgan fingerprint density at radius 3 is 2.45 bits per heavy atom. The molecular weight excluding hydrogens is 488 g/mol. The minimum Gasteiger partial charge on any atom is -0.481 e. The zero-order valence-electron chi connectivity index (χ0n) is 22.6. The maximum Gasteiger partial charge on any atom is 0.311 e. The van der Waals surface area contributed by atoms with Gasteiger partial charge in [0.05, 0.1) is 25.9 Å². The van der Waals surface area contributed by atoms with E-state index in [0.717, 1.165) is 35.2 Å². The van der Waals surface area contributed by atoms with Gasteiger partial charge in [-0.05, 0) is 55.5 Å². The van der Waals surface area contributed by atoms with Crippen molar-refractivity contribution in [2.24, 2.45) is 5.92 Å². The summed E-state index contributed by atoms with van der Waals surface area (Å²) in [7, 11) is 0. The van der Waals surface area contributed by atoms with Crippen molar-refractivity contribution in [1.29, 1.82) is 0 Å². The molecule has 1 fully saturated rings. The van der Waals surface area contributed by atoms with E-state index in [4.69, 9.17) is 18.9 Å². The minimum atomic E-state index is -0.977. The highest BCUT2D eigenvalue weighted by Crippen LogP contribution is 2.42. The predicted octanol–water partition coefficient (Wildman–Crippen LogP) is 4.05. The number of anilines is 1. The number of aryl methyl sites for hydroxylation is 2. The van der Waals surface area contributed by atoms with Gasteiger partial charge in [-0.3, -0.25) is 14.5 Å². The average molecular weight is 527 g/mol. The summed E-state index contributed by atoms with van der Waals surface area (Å²) in [6.07, 6.45) is 0.827. The number of carboxylic acid groups (broad SMARTS) is 1. The van der Waals surface area contributed by atoms with Gasteiger partial charge in [-0.15, -0.1) is 0 Å². The number of carbonyl (C=O) groups excluding carboxylic acids is 1. The number of nitrogens with one attached hydrogen (secondary N) is 1. The highest BCUT2D eigenvalue weighted by Gasteiger charge is 2.48. The van der Waals surface area contributed by atoms with Gasteiger partial charge >= 0.3 is 5.97 Å². The van der Waals surface area contributed by atoms with Crippen molar-refractivity contribution in [2.75, 3.05) is 38.4 Å². The average Bonchev–Trinajstić information content (AvgIpc) is 3.50. The molecule has 4 rings (SSSR count). The maximum absolute atomic E-state index is 13.3. The van der Waals surface area contributed by atoms with E-state index in [9.17, 15) is 14.7 Å². The standard InChI is InChI=1S/C29H38N2O7/c1-5-19-8-7-9-20(6-2)27(19)30-25(32)16-31-15-22(21-10-11-23-24(14-21)38-17-37-23)26(29(33)34)28(31)36-13-12-35-18(3)4/h7-11,14,18,22,26,28H,5-6,12-13,15-17H2,1-4H3,(H,30,32)(H,33,34). The molecule has 1 amide bonds. The molecule has 2 aliphatic heterocycles. The van der Waals surface area contributed by atoms with Crippen molar-refractivity contribution in [2.45, 2.75) is 58.8 Å². The zero-order valence-corrected chi connectivity index (χ0v) is 22.6. The van der Waals surface area contributed by atoms with E-state index in [1.807, 2.05) is 49.1 Å². The van der Waals surface area contributed by atoms with Gasteiger partial charge in [-0.25, -0.2) is 0 Å². The van der Waals surface area contributed by atoms with Crippen LogP contribution in [-0.2, 0) is 31.9 Å². The van der Waals surface area contributed by atoms with E-state index in [-0.39, 0.29) is 32.0 Å². The number of nitrogens with zero attached hydrogens (tertiary/aromatic N) is 1. The Morgan fingerprint density at radius 1 is 1.08 bits per heavy atom. The van der Waals surface area contributed by atoms with Crippen LogP contribution in [0.3, 0.4) is 0 Å². The first kappa shape index (κ1) is 27.9. The van der Waals surface area contributed by atoms with Crippen LogP contribution in [-0.4, -0.2) is 67.3 Å². The lowest BCUT2D eigenvalue weighted by molar-refractivity contribution is -0.153. The summed E-state index contributed by atoms with van der Waals surface area (Å²) in [6, 6.07) is 11.5. The molecule has 0 aromatic heterocycles. The quantitative estimate of drug-likeness (QED) is 0.399. The topological polar surface area (TPSA) is 107 Å². The first-order valence-corrected chi connectivity index (χ1v) is 13.3. The van der Waals surface area contributed by atoms with Gasteiger partial charge < -0.3 is 29.4 Å². The number of carboxylic acids is 1. The molecule has 2 heterocycles. The molecule has 3 unspecified atom stereocenters. The van der Waals surface area contributed by atoms with Crippen LogP contribution in [0.1, 0.15) is 50.3 Å². The Bertz CT molecular complexity index is 1110. The Labute approximate surface area is 224 Å². The summed E-state index contributed by atoms with van der Waals surface area (Å²) in [5.41, 5.74) is 3.78. The number of hydrogen-bond donors (Lipinski definition) is 2. The smallest absolute Gasteiger partial charge is 0.311 e. The van der Waals surface area contributed by atoms with E-state index in [1.54, 1.807) is 6.07 Å². The molecule has 0 spiro atoms. The third-order valence-electron chi connectivity index (χ3n) is 7.07. The normalized spacial score (nSPS) is 20.7. The van der Waals surface area contributed by atoms with Crippen LogP contribution in [0.25, 0.3) is 0 Å². The van der Waals surface area contributed by atoms with Crippen LogP contribution in [0.2, 0.25) is 0 Å². The summed E-state index contributed by atoms with van der Waals surface area (Å²) in [5, 5.41) is 13.4. The number of aliphatic carboxylic acids is 1. The number of carbonyl (C=O) groups is 2. The van der Waals surface area contributed by atoms with Crippen molar-refractivity contribution in [3.8, 4) is 11.5 Å². The highest BCUT2D eigenvalue weighted by molar-refractivity contribution is 5.94. The Hall–Kier alpha value is -3.14. The fraction of sp³-hybridized carbons (Fsp3) is 0.517. The van der Waals surface area contributed by atoms with Crippen molar-refractivity contribution >= 4 is 17.6 Å². The molecule has 206 valence electrons. The molecule has 9 heteroatoms. The highest BCUT2D eigenvalue weighted by atomic mass is 16.7. The molecule has 3 atom stereocenters. The fourth-order valence-electron chi connectivity index (χ4n) is 5.23. The van der Waals surface area contributed by atoms with Gasteiger partial charge in [0.1, 0.15) is 12.1 Å². The molecule has 0 radical (unpaired) electrons. The molecule has 9 nitrogen and oxygen atoms in total. The molecule has 2 aromatic rings. The lowest BCUT2D eigenvalue weighted by Gasteiger charge is -2.27. The molecular formula is C29H38N2O7. The Balaban J connectivity index is 1.57. The molecule has 2 aromatic carbocycles. The predicted molar refractivity (Wildman–Crippen MR) is 143 cm³/mol. The first-order valence-electron chi connectivity index (χ1n) is 13.3. The Morgan fingerprint density at radius 2 is 1.79 bits per heavy atom. The summed E-state index contributed by atoms with van der Waals surface area (Å²) in [5.74, 6) is -1.24. The molecule has 0 bridgehead atoms. The second-order valence-electron chi connectivity index (χ2n) is 9.90. The van der Waals surface area contributed by atoms with Gasteiger partial charge in [-0.1, -0.05) is 38.1 Å². The molecule has 2 N–H and O–H groups in total. The van der Waals surface area contributed by atoms with Crippen LogP contribution < -0.4 is 14.8 Å². The number of likely N-dealkylation sites (tertiary alicyclic amines) is 1. The number of para-hydroxylation sites is 1. The first-order chi connectivity index (χ1) is 18.3. The minimum absolute atomic E-state index is 0.00173. The molecule has 1 saturated heterocycles. The number of hydrogen-bond acceptors (Lipinski definition) is 7.